The van der Waals surface area contributed by atoms with E-state index in [4.69, 9.17) is 9.47 Å². The molecule has 138 valence electrons. The predicted molar refractivity (Wildman–Crippen MR) is 92.8 cm³/mol. The summed E-state index contributed by atoms with van der Waals surface area (Å²) in [6, 6.07) is 7.49. The number of likely N-dealkylation sites (tertiary alicyclic amines) is 1. The highest BCUT2D eigenvalue weighted by Gasteiger charge is 2.45. The lowest BCUT2D eigenvalue weighted by molar-refractivity contribution is -0.130. The van der Waals surface area contributed by atoms with E-state index in [0.717, 1.165) is 17.6 Å². The summed E-state index contributed by atoms with van der Waals surface area (Å²) in [7, 11) is -1.61. The zero-order chi connectivity index (χ0) is 18.0. The van der Waals surface area contributed by atoms with Crippen molar-refractivity contribution in [1.82, 2.24) is 9.62 Å². The molecule has 1 amide bonds. The molecule has 2 aliphatic rings. The fourth-order valence-corrected chi connectivity index (χ4v) is 4.06. The number of nitrogens with one attached hydrogen (secondary N) is 1. The molecule has 2 aliphatic heterocycles. The summed E-state index contributed by atoms with van der Waals surface area (Å²) < 4.78 is 36.1. The summed E-state index contributed by atoms with van der Waals surface area (Å²) >= 11 is 0. The minimum atomic E-state index is -3.22. The molecule has 3 atom stereocenters. The van der Waals surface area contributed by atoms with Gasteiger partial charge in [0.05, 0.1) is 32.5 Å². The molecule has 1 N–H and O–H groups in total. The van der Waals surface area contributed by atoms with Crippen LogP contribution >= 0.6 is 0 Å². The van der Waals surface area contributed by atoms with Gasteiger partial charge in [0.2, 0.25) is 15.9 Å². The van der Waals surface area contributed by atoms with Gasteiger partial charge < -0.3 is 14.4 Å². The Labute approximate surface area is 148 Å². The fraction of sp³-hybridized carbons (Fsp3) is 0.588. The number of benzene rings is 1. The Hall–Kier alpha value is -1.64. The Kier molecular flexibility index (Phi) is 5.31. The average molecular weight is 368 g/mol. The molecule has 0 saturated carbocycles. The normalized spacial score (nSPS) is 25.8. The summed E-state index contributed by atoms with van der Waals surface area (Å²) in [5.41, 5.74) is 0.914. The van der Waals surface area contributed by atoms with E-state index >= 15 is 0 Å². The first-order chi connectivity index (χ1) is 11.9. The van der Waals surface area contributed by atoms with Crippen LogP contribution in [0.2, 0.25) is 0 Å². The third-order valence-electron chi connectivity index (χ3n) is 4.89. The number of carbonyl (C=O) groups is 1. The Morgan fingerprint density at radius 1 is 1.40 bits per heavy atom. The molecular weight excluding hydrogens is 344 g/mol. The number of hydrogen-bond acceptors (Lipinski definition) is 5. The van der Waals surface area contributed by atoms with Crippen molar-refractivity contribution in [2.75, 3.05) is 39.6 Å². The quantitative estimate of drug-likeness (QED) is 0.779. The minimum Gasteiger partial charge on any atom is -0.497 e. The van der Waals surface area contributed by atoms with Crippen LogP contribution in [0.1, 0.15) is 5.56 Å². The Morgan fingerprint density at radius 2 is 2.20 bits per heavy atom. The van der Waals surface area contributed by atoms with Gasteiger partial charge in [-0.25, -0.2) is 13.1 Å². The van der Waals surface area contributed by atoms with Crippen molar-refractivity contribution in [3.63, 3.8) is 0 Å². The van der Waals surface area contributed by atoms with Crippen LogP contribution in [-0.2, 0) is 26.0 Å². The zero-order valence-corrected chi connectivity index (χ0v) is 15.3. The van der Waals surface area contributed by atoms with Crippen LogP contribution in [0.15, 0.2) is 24.3 Å². The standard InChI is InChI=1S/C17H24N2O5S/c1-23-14-5-3-4-12(6-14)7-17(20)19-9-15-13(8-18-25(2,21)22)11-24-16(15)10-19/h3-6,13,15-16,18H,7-11H2,1-2H3/t13-,15+,16+/m0/s1. The lowest BCUT2D eigenvalue weighted by Gasteiger charge is -2.20. The zero-order valence-electron chi connectivity index (χ0n) is 14.5. The summed E-state index contributed by atoms with van der Waals surface area (Å²) in [4.78, 5) is 14.4. The second-order valence-electron chi connectivity index (χ2n) is 6.74. The Bertz CT molecular complexity index is 736. The van der Waals surface area contributed by atoms with Gasteiger partial charge in [-0.1, -0.05) is 12.1 Å². The molecule has 8 heteroatoms. The molecule has 1 aromatic rings. The Balaban J connectivity index is 1.57. The summed E-state index contributed by atoms with van der Waals surface area (Å²) in [5.74, 6) is 1.08. The molecule has 3 rings (SSSR count). The van der Waals surface area contributed by atoms with Gasteiger partial charge in [0, 0.05) is 31.5 Å². The van der Waals surface area contributed by atoms with E-state index in [1.54, 1.807) is 7.11 Å². The van der Waals surface area contributed by atoms with Crippen molar-refractivity contribution in [3.8, 4) is 5.75 Å². The van der Waals surface area contributed by atoms with Crippen LogP contribution in [0.4, 0.5) is 0 Å². The number of nitrogens with zero attached hydrogens (tertiary/aromatic N) is 1. The number of sulfonamides is 1. The summed E-state index contributed by atoms with van der Waals surface area (Å²) in [6.07, 6.45) is 1.47. The van der Waals surface area contributed by atoms with Crippen LogP contribution in [0.25, 0.3) is 0 Å². The van der Waals surface area contributed by atoms with Gasteiger partial charge in [0.25, 0.3) is 0 Å². The van der Waals surface area contributed by atoms with Crippen molar-refractivity contribution in [2.45, 2.75) is 12.5 Å². The third kappa shape index (κ3) is 4.50. The number of ether oxygens (including phenoxy) is 2. The number of hydrogen-bond donors (Lipinski definition) is 1. The molecule has 7 nitrogen and oxygen atoms in total. The van der Waals surface area contributed by atoms with Crippen LogP contribution in [0, 0.1) is 11.8 Å². The van der Waals surface area contributed by atoms with Gasteiger partial charge >= 0.3 is 0 Å². The lowest BCUT2D eigenvalue weighted by atomic mass is 9.93. The number of fused-ring (bicyclic) bond motifs is 1. The smallest absolute Gasteiger partial charge is 0.227 e. The topological polar surface area (TPSA) is 84.9 Å². The van der Waals surface area contributed by atoms with Gasteiger partial charge in [-0.15, -0.1) is 0 Å². The molecular formula is C17H24N2O5S. The maximum Gasteiger partial charge on any atom is 0.227 e. The van der Waals surface area contributed by atoms with E-state index in [1.165, 1.54) is 0 Å². The Morgan fingerprint density at radius 3 is 2.92 bits per heavy atom. The lowest BCUT2D eigenvalue weighted by Crippen LogP contribution is -2.35. The molecule has 2 saturated heterocycles. The first-order valence-corrected chi connectivity index (χ1v) is 10.2. The molecule has 0 bridgehead atoms. The molecule has 0 spiro atoms. The molecule has 0 unspecified atom stereocenters. The van der Waals surface area contributed by atoms with E-state index in [-0.39, 0.29) is 23.8 Å². The molecule has 1 aromatic carbocycles. The van der Waals surface area contributed by atoms with Crippen molar-refractivity contribution in [3.05, 3.63) is 29.8 Å². The summed E-state index contributed by atoms with van der Waals surface area (Å²) in [5, 5.41) is 0. The number of carbonyl (C=O) groups excluding carboxylic acids is 1. The van der Waals surface area contributed by atoms with E-state index in [1.807, 2.05) is 29.2 Å². The van der Waals surface area contributed by atoms with Crippen molar-refractivity contribution in [1.29, 1.82) is 0 Å². The van der Waals surface area contributed by atoms with Crippen LogP contribution in [-0.4, -0.2) is 64.9 Å². The van der Waals surface area contributed by atoms with E-state index in [2.05, 4.69) is 4.72 Å². The van der Waals surface area contributed by atoms with Gasteiger partial charge in [0.15, 0.2) is 0 Å². The van der Waals surface area contributed by atoms with E-state index in [0.29, 0.717) is 32.7 Å². The molecule has 0 radical (unpaired) electrons. The molecule has 0 aromatic heterocycles. The molecule has 2 heterocycles. The molecule has 2 fully saturated rings. The number of amides is 1. The van der Waals surface area contributed by atoms with Gasteiger partial charge in [0.1, 0.15) is 5.75 Å². The maximum absolute atomic E-state index is 12.6. The highest BCUT2D eigenvalue weighted by atomic mass is 32.2. The first-order valence-electron chi connectivity index (χ1n) is 8.32. The fourth-order valence-electron chi connectivity index (χ4n) is 3.54. The van der Waals surface area contributed by atoms with Crippen molar-refractivity contribution in [2.24, 2.45) is 11.8 Å². The van der Waals surface area contributed by atoms with Crippen molar-refractivity contribution < 1.29 is 22.7 Å². The van der Waals surface area contributed by atoms with Crippen LogP contribution in [0.5, 0.6) is 5.75 Å². The van der Waals surface area contributed by atoms with Gasteiger partial charge in [-0.05, 0) is 17.7 Å². The molecule has 0 aliphatic carbocycles. The van der Waals surface area contributed by atoms with E-state index < -0.39 is 10.0 Å². The van der Waals surface area contributed by atoms with Crippen LogP contribution < -0.4 is 9.46 Å². The number of rotatable bonds is 6. The largest absolute Gasteiger partial charge is 0.497 e. The highest BCUT2D eigenvalue weighted by Crippen LogP contribution is 2.33. The highest BCUT2D eigenvalue weighted by molar-refractivity contribution is 7.88. The second kappa shape index (κ2) is 7.31. The predicted octanol–water partition coefficient (Wildman–Crippen LogP) is 0.260. The summed E-state index contributed by atoms with van der Waals surface area (Å²) in [6.45, 7) is 2.08. The monoisotopic (exact) mass is 368 g/mol. The first kappa shape index (κ1) is 18.2. The van der Waals surface area contributed by atoms with E-state index in [9.17, 15) is 13.2 Å². The van der Waals surface area contributed by atoms with Crippen LogP contribution in [0.3, 0.4) is 0 Å². The number of methoxy groups -OCH3 is 1. The average Bonchev–Trinajstić information content (AvgIpc) is 3.13. The SMILES string of the molecule is COc1cccc(CC(=O)N2C[C@@H]3[C@@H](CNS(C)(=O)=O)CO[C@@H]3C2)c1. The maximum atomic E-state index is 12.6. The van der Waals surface area contributed by atoms with Crippen molar-refractivity contribution >= 4 is 15.9 Å². The van der Waals surface area contributed by atoms with Gasteiger partial charge in [-0.3, -0.25) is 4.79 Å². The molecule has 25 heavy (non-hydrogen) atoms. The third-order valence-corrected chi connectivity index (χ3v) is 5.58. The minimum absolute atomic E-state index is 0.000574. The van der Waals surface area contributed by atoms with Gasteiger partial charge in [-0.2, -0.15) is 0 Å². The second-order valence-corrected chi connectivity index (χ2v) is 8.58.